The van der Waals surface area contributed by atoms with Crippen LogP contribution in [0.15, 0.2) is 17.3 Å². The molecular formula is C12H20N4O4S. The van der Waals surface area contributed by atoms with Crippen molar-refractivity contribution in [3.05, 3.63) is 12.4 Å². The quantitative estimate of drug-likeness (QED) is 0.708. The van der Waals surface area contributed by atoms with Crippen LogP contribution in [0.5, 0.6) is 0 Å². The molecule has 9 heteroatoms. The first kappa shape index (κ1) is 15.9. The van der Waals surface area contributed by atoms with E-state index in [4.69, 9.17) is 5.11 Å². The third-order valence-corrected chi connectivity index (χ3v) is 4.90. The maximum atomic E-state index is 12.1. The lowest BCUT2D eigenvalue weighted by Crippen LogP contribution is -2.30. The fourth-order valence-corrected chi connectivity index (χ4v) is 3.39. The van der Waals surface area contributed by atoms with Gasteiger partial charge in [0.15, 0.2) is 0 Å². The van der Waals surface area contributed by atoms with Crippen LogP contribution in [0.1, 0.15) is 12.8 Å². The summed E-state index contributed by atoms with van der Waals surface area (Å²) in [7, 11) is -1.57. The molecule has 0 aliphatic carbocycles. The minimum absolute atomic E-state index is 0.0687. The highest BCUT2D eigenvalue weighted by Gasteiger charge is 2.23. The predicted molar refractivity (Wildman–Crippen MR) is 75.3 cm³/mol. The van der Waals surface area contributed by atoms with Crippen molar-refractivity contribution in [2.45, 2.75) is 24.3 Å². The van der Waals surface area contributed by atoms with E-state index in [1.807, 2.05) is 7.05 Å². The van der Waals surface area contributed by atoms with Gasteiger partial charge in [0, 0.05) is 19.3 Å². The predicted octanol–water partition coefficient (Wildman–Crippen LogP) is -0.412. The number of sulfonamides is 1. The molecule has 1 unspecified atom stereocenters. The number of hydrogen-bond acceptors (Lipinski definition) is 5. The molecule has 1 aliphatic heterocycles. The molecule has 1 aromatic heterocycles. The van der Waals surface area contributed by atoms with E-state index in [1.165, 1.54) is 17.1 Å². The van der Waals surface area contributed by atoms with Crippen molar-refractivity contribution in [2.24, 2.45) is 5.92 Å². The Hall–Kier alpha value is -1.45. The number of aryl methyl sites for hydroxylation is 1. The summed E-state index contributed by atoms with van der Waals surface area (Å²) in [6.45, 7) is 2.44. The average molecular weight is 316 g/mol. The number of nitrogens with zero attached hydrogens (tertiary/aromatic N) is 3. The third kappa shape index (κ3) is 4.51. The highest BCUT2D eigenvalue weighted by atomic mass is 32.2. The summed E-state index contributed by atoms with van der Waals surface area (Å²) in [4.78, 5) is 12.7. The Labute approximate surface area is 123 Å². The van der Waals surface area contributed by atoms with Gasteiger partial charge in [-0.25, -0.2) is 13.1 Å². The lowest BCUT2D eigenvalue weighted by Gasteiger charge is -2.11. The summed E-state index contributed by atoms with van der Waals surface area (Å²) in [5.41, 5.74) is 0. The second-order valence-corrected chi connectivity index (χ2v) is 7.12. The van der Waals surface area contributed by atoms with Gasteiger partial charge >= 0.3 is 5.97 Å². The van der Waals surface area contributed by atoms with Gasteiger partial charge in [-0.1, -0.05) is 0 Å². The molecule has 0 bridgehead atoms. The van der Waals surface area contributed by atoms with Crippen molar-refractivity contribution in [1.82, 2.24) is 19.4 Å². The first-order valence-electron chi connectivity index (χ1n) is 6.79. The summed E-state index contributed by atoms with van der Waals surface area (Å²) in [6, 6.07) is 0. The smallest absolute Gasteiger partial charge is 0.305 e. The van der Waals surface area contributed by atoms with Crippen LogP contribution < -0.4 is 4.72 Å². The lowest BCUT2D eigenvalue weighted by atomic mass is 10.1. The molecule has 0 amide bonds. The Morgan fingerprint density at radius 1 is 1.57 bits per heavy atom. The minimum atomic E-state index is -3.58. The molecule has 1 aromatic rings. The Balaban J connectivity index is 1.91. The van der Waals surface area contributed by atoms with Crippen LogP contribution in [0.25, 0.3) is 0 Å². The molecule has 0 spiro atoms. The van der Waals surface area contributed by atoms with Gasteiger partial charge in [0.1, 0.15) is 4.90 Å². The topological polar surface area (TPSA) is 105 Å². The Morgan fingerprint density at radius 3 is 2.95 bits per heavy atom. The molecular weight excluding hydrogens is 296 g/mol. The molecule has 2 heterocycles. The molecule has 1 aliphatic rings. The standard InChI is InChI=1S/C12H20N4O4S/c1-15-4-2-10(8-15)6-14-21(19,20)11-7-13-16(9-11)5-3-12(17)18/h7,9-10,14H,2-6,8H2,1H3,(H,17,18). The number of rotatable bonds is 7. The van der Waals surface area contributed by atoms with Crippen LogP contribution in [0.3, 0.4) is 0 Å². The Morgan fingerprint density at radius 2 is 2.33 bits per heavy atom. The highest BCUT2D eigenvalue weighted by molar-refractivity contribution is 7.89. The monoisotopic (exact) mass is 316 g/mol. The Kier molecular flexibility index (Phi) is 4.96. The third-order valence-electron chi connectivity index (χ3n) is 3.53. The van der Waals surface area contributed by atoms with Crippen molar-refractivity contribution in [3.8, 4) is 0 Å². The SMILES string of the molecule is CN1CCC(CNS(=O)(=O)c2cnn(CCC(=O)O)c2)C1. The van der Waals surface area contributed by atoms with Gasteiger partial charge in [-0.05, 0) is 25.9 Å². The van der Waals surface area contributed by atoms with E-state index in [2.05, 4.69) is 14.7 Å². The first-order chi connectivity index (χ1) is 9.87. The van der Waals surface area contributed by atoms with Crippen LogP contribution in [0.4, 0.5) is 0 Å². The van der Waals surface area contributed by atoms with E-state index in [0.717, 1.165) is 19.5 Å². The number of likely N-dealkylation sites (tertiary alicyclic amines) is 1. The summed E-state index contributed by atoms with van der Waals surface area (Å²) in [5, 5.41) is 12.5. The normalized spacial score (nSPS) is 20.0. The molecule has 2 N–H and O–H groups in total. The van der Waals surface area contributed by atoms with Crippen molar-refractivity contribution in [2.75, 3.05) is 26.7 Å². The van der Waals surface area contributed by atoms with E-state index < -0.39 is 16.0 Å². The van der Waals surface area contributed by atoms with E-state index in [0.29, 0.717) is 12.5 Å². The van der Waals surface area contributed by atoms with Crippen LogP contribution in [-0.2, 0) is 21.4 Å². The first-order valence-corrected chi connectivity index (χ1v) is 8.27. The van der Waals surface area contributed by atoms with Gasteiger partial charge in [-0.2, -0.15) is 5.10 Å². The number of aromatic nitrogens is 2. The molecule has 8 nitrogen and oxygen atoms in total. The van der Waals surface area contributed by atoms with E-state index in [-0.39, 0.29) is 17.9 Å². The zero-order chi connectivity index (χ0) is 15.5. The number of aliphatic carboxylic acids is 1. The van der Waals surface area contributed by atoms with Gasteiger partial charge in [-0.15, -0.1) is 0 Å². The fraction of sp³-hybridized carbons (Fsp3) is 0.667. The van der Waals surface area contributed by atoms with E-state index in [1.54, 1.807) is 0 Å². The second-order valence-electron chi connectivity index (χ2n) is 5.35. The van der Waals surface area contributed by atoms with Crippen molar-refractivity contribution in [3.63, 3.8) is 0 Å². The Bertz CT molecular complexity index is 598. The van der Waals surface area contributed by atoms with Gasteiger partial charge in [0.05, 0.1) is 19.2 Å². The molecule has 0 saturated carbocycles. The number of hydrogen-bond donors (Lipinski definition) is 2. The largest absolute Gasteiger partial charge is 0.481 e. The number of nitrogens with one attached hydrogen (secondary N) is 1. The summed E-state index contributed by atoms with van der Waals surface area (Å²) >= 11 is 0. The number of carboxylic acid groups (broad SMARTS) is 1. The summed E-state index contributed by atoms with van der Waals surface area (Å²) in [6.07, 6.45) is 3.48. The molecule has 118 valence electrons. The average Bonchev–Trinajstić information content (AvgIpc) is 3.03. The summed E-state index contributed by atoms with van der Waals surface area (Å²) < 4.78 is 28.2. The lowest BCUT2D eigenvalue weighted by molar-refractivity contribution is -0.137. The van der Waals surface area contributed by atoms with Crippen LogP contribution >= 0.6 is 0 Å². The molecule has 0 aromatic carbocycles. The zero-order valence-corrected chi connectivity index (χ0v) is 12.7. The molecule has 2 rings (SSSR count). The van der Waals surface area contributed by atoms with Crippen LogP contribution in [-0.4, -0.2) is 60.9 Å². The molecule has 1 fully saturated rings. The number of carbonyl (C=O) groups is 1. The maximum Gasteiger partial charge on any atom is 0.305 e. The van der Waals surface area contributed by atoms with Crippen LogP contribution in [0, 0.1) is 5.92 Å². The molecule has 21 heavy (non-hydrogen) atoms. The fourth-order valence-electron chi connectivity index (χ4n) is 2.32. The maximum absolute atomic E-state index is 12.1. The van der Waals surface area contributed by atoms with Crippen molar-refractivity contribution < 1.29 is 18.3 Å². The van der Waals surface area contributed by atoms with Crippen molar-refractivity contribution in [1.29, 1.82) is 0 Å². The zero-order valence-electron chi connectivity index (χ0n) is 11.9. The number of carboxylic acids is 1. The molecule has 1 atom stereocenters. The highest BCUT2D eigenvalue weighted by Crippen LogP contribution is 2.14. The van der Waals surface area contributed by atoms with Gasteiger partial charge in [0.2, 0.25) is 10.0 Å². The van der Waals surface area contributed by atoms with E-state index in [9.17, 15) is 13.2 Å². The van der Waals surface area contributed by atoms with Gasteiger partial charge in [-0.3, -0.25) is 9.48 Å². The summed E-state index contributed by atoms with van der Waals surface area (Å²) in [5.74, 6) is -0.620. The van der Waals surface area contributed by atoms with Gasteiger partial charge < -0.3 is 10.0 Å². The van der Waals surface area contributed by atoms with E-state index >= 15 is 0 Å². The molecule has 0 radical (unpaired) electrons. The second kappa shape index (κ2) is 6.54. The minimum Gasteiger partial charge on any atom is -0.481 e. The van der Waals surface area contributed by atoms with Crippen molar-refractivity contribution >= 4 is 16.0 Å². The van der Waals surface area contributed by atoms with Crippen LogP contribution in [0.2, 0.25) is 0 Å². The van der Waals surface area contributed by atoms with Gasteiger partial charge in [0.25, 0.3) is 0 Å². The molecule has 1 saturated heterocycles.